The minimum atomic E-state index is -5.75. The van der Waals surface area contributed by atoms with E-state index < -0.39 is 42.6 Å². The van der Waals surface area contributed by atoms with Crippen LogP contribution in [0.3, 0.4) is 0 Å². The summed E-state index contributed by atoms with van der Waals surface area (Å²) in [6, 6.07) is 0. The third kappa shape index (κ3) is 5.79. The van der Waals surface area contributed by atoms with Gasteiger partial charge in [-0.2, -0.15) is 26.3 Å². The minimum absolute atomic E-state index is 0.274. The lowest BCUT2D eigenvalue weighted by molar-refractivity contribution is -0.274. The van der Waals surface area contributed by atoms with Crippen molar-refractivity contribution in [3.05, 3.63) is 0 Å². The molecule has 0 aromatic rings. The van der Waals surface area contributed by atoms with Gasteiger partial charge >= 0.3 is 18.3 Å². The predicted octanol–water partition coefficient (Wildman–Crippen LogP) is 1.95. The molecule has 0 spiro atoms. The summed E-state index contributed by atoms with van der Waals surface area (Å²) in [7, 11) is 0. The minimum Gasteiger partial charge on any atom is -0.481 e. The third-order valence-electron chi connectivity index (χ3n) is 2.21. The lowest BCUT2D eigenvalue weighted by Gasteiger charge is -2.22. The van der Waals surface area contributed by atoms with Crippen molar-refractivity contribution in [3.63, 3.8) is 0 Å². The Labute approximate surface area is 103 Å². The van der Waals surface area contributed by atoms with Crippen LogP contribution in [0.25, 0.3) is 0 Å². The number of hydrogen-bond donors (Lipinski definition) is 2. The van der Waals surface area contributed by atoms with Crippen LogP contribution in [0.5, 0.6) is 0 Å². The monoisotopic (exact) mass is 295 g/mol. The molecular weight excluding hydrogens is 284 g/mol. The second-order valence-electron chi connectivity index (χ2n) is 3.84. The second-order valence-corrected chi connectivity index (χ2v) is 3.84. The SMILES string of the molecule is CC(CCNC(=O)C(C(F)(F)F)C(F)(F)F)C(=O)O. The first-order valence-corrected chi connectivity index (χ1v) is 5.01. The van der Waals surface area contributed by atoms with Gasteiger partial charge in [-0.3, -0.25) is 9.59 Å². The highest BCUT2D eigenvalue weighted by atomic mass is 19.4. The van der Waals surface area contributed by atoms with Crippen molar-refractivity contribution in [1.82, 2.24) is 5.32 Å². The fourth-order valence-corrected chi connectivity index (χ4v) is 1.12. The van der Waals surface area contributed by atoms with Gasteiger partial charge in [0, 0.05) is 6.54 Å². The molecule has 0 aromatic heterocycles. The van der Waals surface area contributed by atoms with E-state index in [4.69, 9.17) is 5.11 Å². The molecule has 2 N–H and O–H groups in total. The van der Waals surface area contributed by atoms with Crippen LogP contribution in [0.15, 0.2) is 0 Å². The third-order valence-corrected chi connectivity index (χ3v) is 2.21. The lowest BCUT2D eigenvalue weighted by atomic mass is 10.1. The molecule has 4 nitrogen and oxygen atoms in total. The number of carbonyl (C=O) groups is 2. The largest absolute Gasteiger partial charge is 0.481 e. The van der Waals surface area contributed by atoms with Crippen molar-refractivity contribution in [2.24, 2.45) is 11.8 Å². The number of carboxylic acids is 1. The lowest BCUT2D eigenvalue weighted by Crippen LogP contribution is -2.48. The van der Waals surface area contributed by atoms with E-state index in [2.05, 4.69) is 0 Å². The Morgan fingerprint density at radius 2 is 1.53 bits per heavy atom. The maximum Gasteiger partial charge on any atom is 0.409 e. The van der Waals surface area contributed by atoms with Gasteiger partial charge < -0.3 is 10.4 Å². The van der Waals surface area contributed by atoms with Crippen molar-refractivity contribution in [2.45, 2.75) is 25.7 Å². The van der Waals surface area contributed by atoms with Crippen LogP contribution in [0.4, 0.5) is 26.3 Å². The van der Waals surface area contributed by atoms with E-state index in [1.54, 1.807) is 0 Å². The predicted molar refractivity (Wildman–Crippen MR) is 50.0 cm³/mol. The molecule has 0 radical (unpaired) electrons. The van der Waals surface area contributed by atoms with E-state index >= 15 is 0 Å². The molecule has 0 rings (SSSR count). The highest BCUT2D eigenvalue weighted by Crippen LogP contribution is 2.39. The van der Waals surface area contributed by atoms with Crippen LogP contribution in [0.2, 0.25) is 0 Å². The Kier molecular flexibility index (Phi) is 5.63. The average molecular weight is 295 g/mol. The number of hydrogen-bond acceptors (Lipinski definition) is 2. The number of rotatable bonds is 5. The first-order valence-electron chi connectivity index (χ1n) is 5.01. The van der Waals surface area contributed by atoms with Crippen LogP contribution in [0.1, 0.15) is 13.3 Å². The number of amides is 1. The molecule has 19 heavy (non-hydrogen) atoms. The summed E-state index contributed by atoms with van der Waals surface area (Å²) < 4.78 is 72.6. The van der Waals surface area contributed by atoms with Crippen molar-refractivity contribution in [1.29, 1.82) is 0 Å². The Bertz CT molecular complexity index is 324. The van der Waals surface area contributed by atoms with Gasteiger partial charge in [-0.15, -0.1) is 0 Å². The normalized spacial score (nSPS) is 14.3. The molecule has 0 bridgehead atoms. The molecule has 0 saturated heterocycles. The summed E-state index contributed by atoms with van der Waals surface area (Å²) in [5.41, 5.74) is 0. The second kappa shape index (κ2) is 6.11. The number of halogens is 6. The number of nitrogens with one attached hydrogen (secondary N) is 1. The van der Waals surface area contributed by atoms with Crippen LogP contribution >= 0.6 is 0 Å². The Morgan fingerprint density at radius 3 is 1.84 bits per heavy atom. The molecule has 0 aliphatic rings. The Balaban J connectivity index is 4.57. The van der Waals surface area contributed by atoms with Crippen LogP contribution in [-0.2, 0) is 9.59 Å². The van der Waals surface area contributed by atoms with Gasteiger partial charge in [0.1, 0.15) is 0 Å². The molecule has 0 aliphatic carbocycles. The molecule has 0 aromatic carbocycles. The fourth-order valence-electron chi connectivity index (χ4n) is 1.12. The van der Waals surface area contributed by atoms with Crippen molar-refractivity contribution < 1.29 is 41.0 Å². The topological polar surface area (TPSA) is 66.4 Å². The zero-order chi connectivity index (χ0) is 15.4. The Hall–Kier alpha value is -1.48. The summed E-state index contributed by atoms with van der Waals surface area (Å²) >= 11 is 0. The van der Waals surface area contributed by atoms with Crippen molar-refractivity contribution in [2.75, 3.05) is 6.54 Å². The molecule has 0 aliphatic heterocycles. The summed E-state index contributed by atoms with van der Waals surface area (Å²) in [5, 5.41) is 9.88. The zero-order valence-corrected chi connectivity index (χ0v) is 9.60. The van der Waals surface area contributed by atoms with Gasteiger partial charge in [0.2, 0.25) is 11.8 Å². The summed E-state index contributed by atoms with van der Waals surface area (Å²) in [5.74, 6) is -8.61. The quantitative estimate of drug-likeness (QED) is 0.762. The van der Waals surface area contributed by atoms with Crippen molar-refractivity contribution in [3.8, 4) is 0 Å². The van der Waals surface area contributed by atoms with Gasteiger partial charge in [-0.25, -0.2) is 0 Å². The first kappa shape index (κ1) is 17.5. The maximum atomic E-state index is 12.1. The summed E-state index contributed by atoms with van der Waals surface area (Å²) in [6.45, 7) is 0.619. The molecule has 0 fully saturated rings. The molecule has 1 atom stereocenters. The van der Waals surface area contributed by atoms with Gasteiger partial charge in [0.05, 0.1) is 5.92 Å². The molecule has 0 heterocycles. The van der Waals surface area contributed by atoms with Gasteiger partial charge in [0.15, 0.2) is 0 Å². The smallest absolute Gasteiger partial charge is 0.409 e. The van der Waals surface area contributed by atoms with Crippen LogP contribution < -0.4 is 5.32 Å². The van der Waals surface area contributed by atoms with E-state index in [0.717, 1.165) is 0 Å². The van der Waals surface area contributed by atoms with Crippen LogP contribution in [0, 0.1) is 11.8 Å². The molecular formula is C9H11F6NO3. The average Bonchev–Trinajstić information content (AvgIpc) is 2.11. The number of carboxylic acid groups (broad SMARTS) is 1. The summed E-state index contributed by atoms with van der Waals surface area (Å²) in [4.78, 5) is 21.2. The van der Waals surface area contributed by atoms with E-state index in [0.29, 0.717) is 0 Å². The van der Waals surface area contributed by atoms with E-state index in [9.17, 15) is 35.9 Å². The molecule has 1 unspecified atom stereocenters. The van der Waals surface area contributed by atoms with Gasteiger partial charge in [-0.1, -0.05) is 6.92 Å². The number of aliphatic carboxylic acids is 1. The number of carbonyl (C=O) groups excluding carboxylic acids is 1. The van der Waals surface area contributed by atoms with Crippen LogP contribution in [-0.4, -0.2) is 35.9 Å². The van der Waals surface area contributed by atoms with E-state index in [-0.39, 0.29) is 6.42 Å². The van der Waals surface area contributed by atoms with Gasteiger partial charge in [-0.05, 0) is 6.42 Å². The van der Waals surface area contributed by atoms with Crippen molar-refractivity contribution >= 4 is 11.9 Å². The fraction of sp³-hybridized carbons (Fsp3) is 0.778. The molecule has 112 valence electrons. The van der Waals surface area contributed by atoms with E-state index in [1.807, 2.05) is 0 Å². The highest BCUT2D eigenvalue weighted by molar-refractivity contribution is 5.80. The van der Waals surface area contributed by atoms with Gasteiger partial charge in [0.25, 0.3) is 0 Å². The first-order chi connectivity index (χ1) is 8.37. The number of alkyl halides is 6. The maximum absolute atomic E-state index is 12.1. The Morgan fingerprint density at radius 1 is 1.11 bits per heavy atom. The molecule has 0 saturated carbocycles. The molecule has 1 amide bonds. The standard InChI is InChI=1S/C9H11F6NO3/c1-4(7(18)19)2-3-16-6(17)5(8(10,11)12)9(13,14)15/h4-5H,2-3H2,1H3,(H,16,17)(H,18,19). The molecule has 10 heteroatoms. The highest BCUT2D eigenvalue weighted by Gasteiger charge is 2.60. The van der Waals surface area contributed by atoms with E-state index in [1.165, 1.54) is 12.2 Å². The zero-order valence-electron chi connectivity index (χ0n) is 9.60. The summed E-state index contributed by atoms with van der Waals surface area (Å²) in [6.07, 6.45) is -11.8.